The highest BCUT2D eigenvalue weighted by atomic mass is 16.5. The van der Waals surface area contributed by atoms with Crippen molar-refractivity contribution < 1.29 is 18.8 Å². The van der Waals surface area contributed by atoms with Crippen molar-refractivity contribution in [1.29, 1.82) is 0 Å². The molecule has 2 aromatic carbocycles. The van der Waals surface area contributed by atoms with Crippen LogP contribution in [0.15, 0.2) is 59.1 Å². The molecule has 4 rings (SSSR count). The van der Waals surface area contributed by atoms with E-state index in [1.54, 1.807) is 37.8 Å². The number of ether oxygens (including phenoxy) is 2. The molecule has 2 heterocycles. The fourth-order valence-electron chi connectivity index (χ4n) is 3.60. The third-order valence-electron chi connectivity index (χ3n) is 5.03. The Labute approximate surface area is 175 Å². The lowest BCUT2D eigenvalue weighted by Crippen LogP contribution is -2.48. The highest BCUT2D eigenvalue weighted by molar-refractivity contribution is 5.85. The SMILES string of the molecule is Cc1noc([C@@H]2CCCN2C(=O)C(C)(C)Oc2ccc(Oc3ccccc3)cc2)n1. The summed E-state index contributed by atoms with van der Waals surface area (Å²) in [6.45, 7) is 5.96. The fourth-order valence-corrected chi connectivity index (χ4v) is 3.60. The number of para-hydroxylation sites is 1. The van der Waals surface area contributed by atoms with Gasteiger partial charge in [-0.1, -0.05) is 23.4 Å². The zero-order valence-corrected chi connectivity index (χ0v) is 17.4. The minimum atomic E-state index is -1.04. The van der Waals surface area contributed by atoms with Crippen molar-refractivity contribution in [2.24, 2.45) is 0 Å². The van der Waals surface area contributed by atoms with Crippen LogP contribution in [0.4, 0.5) is 0 Å². The molecule has 7 heteroatoms. The van der Waals surface area contributed by atoms with Crippen molar-refractivity contribution >= 4 is 5.91 Å². The van der Waals surface area contributed by atoms with Crippen LogP contribution in [0, 0.1) is 6.92 Å². The van der Waals surface area contributed by atoms with Gasteiger partial charge in [0.25, 0.3) is 5.91 Å². The highest BCUT2D eigenvalue weighted by Gasteiger charge is 2.41. The van der Waals surface area contributed by atoms with Crippen LogP contribution in [0.1, 0.15) is 44.4 Å². The van der Waals surface area contributed by atoms with Crippen LogP contribution in [0.5, 0.6) is 17.2 Å². The summed E-state index contributed by atoms with van der Waals surface area (Å²) >= 11 is 0. The van der Waals surface area contributed by atoms with Gasteiger partial charge in [-0.05, 0) is 70.0 Å². The summed E-state index contributed by atoms with van der Waals surface area (Å²) in [5, 5.41) is 3.86. The molecule has 0 aliphatic carbocycles. The van der Waals surface area contributed by atoms with E-state index in [9.17, 15) is 4.79 Å². The first-order valence-electron chi connectivity index (χ1n) is 10.1. The number of carbonyl (C=O) groups is 1. The third-order valence-corrected chi connectivity index (χ3v) is 5.03. The van der Waals surface area contributed by atoms with Gasteiger partial charge < -0.3 is 18.9 Å². The molecule has 1 fully saturated rings. The molecule has 7 nitrogen and oxygen atoms in total. The van der Waals surface area contributed by atoms with Crippen LogP contribution in [0.25, 0.3) is 0 Å². The zero-order chi connectivity index (χ0) is 21.1. The Morgan fingerprint density at radius 3 is 2.40 bits per heavy atom. The Bertz CT molecular complexity index is 999. The van der Waals surface area contributed by atoms with E-state index in [2.05, 4.69) is 10.1 Å². The number of carbonyl (C=O) groups excluding carboxylic acids is 1. The monoisotopic (exact) mass is 407 g/mol. The van der Waals surface area contributed by atoms with Gasteiger partial charge in [-0.25, -0.2) is 0 Å². The van der Waals surface area contributed by atoms with E-state index in [1.807, 2.05) is 42.5 Å². The van der Waals surface area contributed by atoms with Crippen molar-refractivity contribution in [3.05, 3.63) is 66.3 Å². The Morgan fingerprint density at radius 2 is 1.73 bits per heavy atom. The lowest BCUT2D eigenvalue weighted by atomic mass is 10.1. The first-order chi connectivity index (χ1) is 14.4. The van der Waals surface area contributed by atoms with Gasteiger partial charge in [-0.2, -0.15) is 4.98 Å². The number of nitrogens with zero attached hydrogens (tertiary/aromatic N) is 3. The predicted molar refractivity (Wildman–Crippen MR) is 110 cm³/mol. The molecular weight excluding hydrogens is 382 g/mol. The lowest BCUT2D eigenvalue weighted by Gasteiger charge is -2.32. The summed E-state index contributed by atoms with van der Waals surface area (Å²) in [5.74, 6) is 3.00. The third kappa shape index (κ3) is 4.30. The largest absolute Gasteiger partial charge is 0.478 e. The lowest BCUT2D eigenvalue weighted by molar-refractivity contribution is -0.147. The van der Waals surface area contributed by atoms with Crippen LogP contribution in [0.3, 0.4) is 0 Å². The number of aromatic nitrogens is 2. The molecule has 0 radical (unpaired) electrons. The maximum atomic E-state index is 13.3. The van der Waals surface area contributed by atoms with E-state index >= 15 is 0 Å². The summed E-state index contributed by atoms with van der Waals surface area (Å²) in [7, 11) is 0. The Kier molecular flexibility index (Phi) is 5.44. The fraction of sp³-hybridized carbons (Fsp3) is 0.348. The van der Waals surface area contributed by atoms with E-state index in [1.165, 1.54) is 0 Å². The molecular formula is C23H25N3O4. The molecule has 0 bridgehead atoms. The van der Waals surface area contributed by atoms with E-state index in [4.69, 9.17) is 14.0 Å². The summed E-state index contributed by atoms with van der Waals surface area (Å²) in [6, 6.07) is 16.6. The normalized spacial score (nSPS) is 16.5. The predicted octanol–water partition coefficient (Wildman–Crippen LogP) is 4.69. The van der Waals surface area contributed by atoms with Gasteiger partial charge in [0.15, 0.2) is 11.4 Å². The molecule has 30 heavy (non-hydrogen) atoms. The first-order valence-corrected chi connectivity index (χ1v) is 10.1. The summed E-state index contributed by atoms with van der Waals surface area (Å²) in [4.78, 5) is 19.3. The second-order valence-corrected chi connectivity index (χ2v) is 7.84. The summed E-state index contributed by atoms with van der Waals surface area (Å²) in [6.07, 6.45) is 1.69. The quantitative estimate of drug-likeness (QED) is 0.590. The van der Waals surface area contributed by atoms with Crippen molar-refractivity contribution in [2.45, 2.75) is 45.3 Å². The van der Waals surface area contributed by atoms with E-state index in [0.717, 1.165) is 18.6 Å². The van der Waals surface area contributed by atoms with Gasteiger partial charge in [0.05, 0.1) is 0 Å². The number of hydrogen-bond acceptors (Lipinski definition) is 6. The molecule has 1 aliphatic rings. The molecule has 0 unspecified atom stereocenters. The smallest absolute Gasteiger partial charge is 0.266 e. The molecule has 1 atom stereocenters. The molecule has 156 valence electrons. The zero-order valence-electron chi connectivity index (χ0n) is 17.4. The molecule has 0 saturated carbocycles. The standard InChI is InChI=1S/C23H25N3O4/c1-16-24-21(30-25-16)20-10-7-15-26(20)22(27)23(2,3)29-19-13-11-18(12-14-19)28-17-8-5-4-6-9-17/h4-6,8-9,11-14,20H,7,10,15H2,1-3H3/t20-/m0/s1. The molecule has 1 aromatic heterocycles. The number of aryl methyl sites for hydroxylation is 1. The Balaban J connectivity index is 1.43. The molecule has 1 amide bonds. The van der Waals surface area contributed by atoms with Crippen molar-refractivity contribution in [3.63, 3.8) is 0 Å². The molecule has 1 saturated heterocycles. The van der Waals surface area contributed by atoms with Crippen LogP contribution in [0.2, 0.25) is 0 Å². The average molecular weight is 407 g/mol. The number of benzene rings is 2. The molecule has 0 spiro atoms. The van der Waals surface area contributed by atoms with E-state index in [0.29, 0.717) is 29.8 Å². The van der Waals surface area contributed by atoms with Gasteiger partial charge in [-0.3, -0.25) is 4.79 Å². The summed E-state index contributed by atoms with van der Waals surface area (Å²) < 4.78 is 17.2. The number of amides is 1. The number of likely N-dealkylation sites (tertiary alicyclic amines) is 1. The Hall–Kier alpha value is -3.35. The minimum Gasteiger partial charge on any atom is -0.478 e. The van der Waals surface area contributed by atoms with Crippen molar-refractivity contribution in [3.8, 4) is 17.2 Å². The Morgan fingerprint density at radius 1 is 1.07 bits per heavy atom. The van der Waals surface area contributed by atoms with Gasteiger partial charge in [0.2, 0.25) is 5.89 Å². The minimum absolute atomic E-state index is 0.106. The van der Waals surface area contributed by atoms with Crippen LogP contribution in [-0.2, 0) is 4.79 Å². The van der Waals surface area contributed by atoms with Gasteiger partial charge in [0, 0.05) is 6.54 Å². The van der Waals surface area contributed by atoms with Gasteiger partial charge in [0.1, 0.15) is 23.3 Å². The van der Waals surface area contributed by atoms with Crippen LogP contribution >= 0.6 is 0 Å². The van der Waals surface area contributed by atoms with Gasteiger partial charge in [-0.15, -0.1) is 0 Å². The molecule has 0 N–H and O–H groups in total. The van der Waals surface area contributed by atoms with E-state index in [-0.39, 0.29) is 11.9 Å². The number of rotatable bonds is 6. The van der Waals surface area contributed by atoms with Crippen LogP contribution in [-0.4, -0.2) is 33.1 Å². The highest BCUT2D eigenvalue weighted by Crippen LogP contribution is 2.34. The second-order valence-electron chi connectivity index (χ2n) is 7.84. The number of hydrogen-bond donors (Lipinski definition) is 0. The average Bonchev–Trinajstić information content (AvgIpc) is 3.38. The van der Waals surface area contributed by atoms with Crippen LogP contribution < -0.4 is 9.47 Å². The maximum Gasteiger partial charge on any atom is 0.266 e. The first kappa shape index (κ1) is 19.9. The second kappa shape index (κ2) is 8.18. The van der Waals surface area contributed by atoms with Crippen molar-refractivity contribution in [1.82, 2.24) is 15.0 Å². The van der Waals surface area contributed by atoms with Gasteiger partial charge >= 0.3 is 0 Å². The topological polar surface area (TPSA) is 77.7 Å². The molecule has 3 aromatic rings. The maximum absolute atomic E-state index is 13.3. The van der Waals surface area contributed by atoms with E-state index < -0.39 is 5.60 Å². The summed E-state index contributed by atoms with van der Waals surface area (Å²) in [5.41, 5.74) is -1.04. The molecule has 1 aliphatic heterocycles. The van der Waals surface area contributed by atoms with Crippen molar-refractivity contribution in [2.75, 3.05) is 6.54 Å².